The van der Waals surface area contributed by atoms with E-state index in [2.05, 4.69) is 6.58 Å². The van der Waals surface area contributed by atoms with Gasteiger partial charge in [0.2, 0.25) is 0 Å². The number of halogens is 9. The Morgan fingerprint density at radius 1 is 0.979 bits per heavy atom. The predicted octanol–water partition coefficient (Wildman–Crippen LogP) is 9.14. The molecule has 0 unspecified atom stereocenters. The minimum atomic E-state index is -5.06. The second-order valence-corrected chi connectivity index (χ2v) is 12.3. The summed E-state index contributed by atoms with van der Waals surface area (Å²) in [4.78, 5) is 26.1. The fourth-order valence-electron chi connectivity index (χ4n) is 5.60. The number of ether oxygens (including phenoxy) is 2. The van der Waals surface area contributed by atoms with Gasteiger partial charge in [-0.25, -0.2) is 4.79 Å². The van der Waals surface area contributed by atoms with E-state index in [9.17, 15) is 49.1 Å². The normalized spacial score (nSPS) is 17.5. The molecule has 1 aliphatic rings. The van der Waals surface area contributed by atoms with E-state index in [4.69, 9.17) is 9.47 Å². The Kier molecular flexibility index (Phi) is 10.9. The summed E-state index contributed by atoms with van der Waals surface area (Å²) in [6.07, 6.45) is -15.5. The van der Waals surface area contributed by atoms with Crippen molar-refractivity contribution in [3.8, 4) is 5.75 Å². The first-order valence-electron chi connectivity index (χ1n) is 14.4. The molecule has 1 aliphatic heterocycles. The molecule has 2 atom stereocenters. The van der Waals surface area contributed by atoms with Gasteiger partial charge in [0.05, 0.1) is 24.3 Å². The molecule has 0 spiro atoms. The lowest BCUT2D eigenvalue weighted by atomic mass is 9.80. The lowest BCUT2D eigenvalue weighted by Crippen LogP contribution is -2.38. The van der Waals surface area contributed by atoms with Crippen molar-refractivity contribution in [1.29, 1.82) is 0 Å². The van der Waals surface area contributed by atoms with Gasteiger partial charge in [-0.2, -0.15) is 39.5 Å². The van der Waals surface area contributed by atoms with Crippen LogP contribution in [0.4, 0.5) is 50.0 Å². The number of hydrogen-bond acceptors (Lipinski definition) is 4. The van der Waals surface area contributed by atoms with Crippen LogP contribution in [0, 0.1) is 5.41 Å². The van der Waals surface area contributed by atoms with Gasteiger partial charge >= 0.3 is 30.5 Å². The van der Waals surface area contributed by atoms with E-state index in [-0.39, 0.29) is 18.3 Å². The quantitative estimate of drug-likeness (QED) is 0.175. The Balaban J connectivity index is 1.66. The van der Waals surface area contributed by atoms with E-state index < -0.39 is 64.8 Å². The minimum Gasteiger partial charge on any atom is -0.496 e. The average Bonchev–Trinajstić information content (AvgIpc) is 3.22. The molecule has 0 aromatic heterocycles. The molecule has 1 fully saturated rings. The topological polar surface area (TPSA) is 59.1 Å². The zero-order valence-corrected chi connectivity index (χ0v) is 26.3. The third-order valence-electron chi connectivity index (χ3n) is 7.95. The van der Waals surface area contributed by atoms with Crippen molar-refractivity contribution in [2.75, 3.05) is 25.6 Å². The summed E-state index contributed by atoms with van der Waals surface area (Å²) in [5.41, 5.74) is -2.67. The molecule has 2 aromatic rings. The second kappa shape index (κ2) is 13.7. The largest absolute Gasteiger partial charge is 0.496 e. The van der Waals surface area contributed by atoms with E-state index in [0.29, 0.717) is 59.6 Å². The number of rotatable bonds is 11. The first-order chi connectivity index (χ1) is 21.4. The van der Waals surface area contributed by atoms with Crippen LogP contribution in [0.25, 0.3) is 0 Å². The fraction of sp³-hybridized carbons (Fsp3) is 0.500. The number of alkyl halides is 9. The van der Waals surface area contributed by atoms with Crippen LogP contribution in [0.2, 0.25) is 0 Å². The van der Waals surface area contributed by atoms with E-state index >= 15 is 0 Å². The van der Waals surface area contributed by atoms with Crippen LogP contribution in [0.3, 0.4) is 0 Å². The molecule has 3 rings (SSSR count). The molecule has 0 N–H and O–H groups in total. The SMILES string of the molecule is C=C(CN1C(=O)O[C@H](c2cc(C(F)(F)F)cc(C(F)(F)F)c2)[C@@H]1C)CC(C)(C)CCCc1cc(N(C)C(=O)C(F)(F)F)ccc1OC. The van der Waals surface area contributed by atoms with Gasteiger partial charge in [0, 0.05) is 19.3 Å². The molecule has 260 valence electrons. The first-order valence-corrected chi connectivity index (χ1v) is 14.4. The fourth-order valence-corrected chi connectivity index (χ4v) is 5.60. The van der Waals surface area contributed by atoms with Gasteiger partial charge in [-0.3, -0.25) is 9.69 Å². The van der Waals surface area contributed by atoms with Crippen molar-refractivity contribution in [3.63, 3.8) is 0 Å². The number of carbonyl (C=O) groups excluding carboxylic acids is 2. The molecular weight excluding hydrogens is 647 g/mol. The van der Waals surface area contributed by atoms with E-state index in [0.717, 1.165) is 7.05 Å². The van der Waals surface area contributed by atoms with Gasteiger partial charge in [-0.15, -0.1) is 0 Å². The van der Waals surface area contributed by atoms with E-state index in [1.54, 1.807) is 0 Å². The molecular formula is C32H35F9N2O4. The summed E-state index contributed by atoms with van der Waals surface area (Å²) >= 11 is 0. The molecule has 0 radical (unpaired) electrons. The molecule has 0 saturated carbocycles. The molecule has 0 aliphatic carbocycles. The van der Waals surface area contributed by atoms with Crippen LogP contribution in [0.15, 0.2) is 48.6 Å². The number of cyclic esters (lactones) is 1. The summed E-state index contributed by atoms with van der Waals surface area (Å²) < 4.78 is 130. The van der Waals surface area contributed by atoms with Crippen molar-refractivity contribution >= 4 is 17.7 Å². The molecule has 2 amide bonds. The summed E-state index contributed by atoms with van der Waals surface area (Å²) in [6.45, 7) is 9.29. The van der Waals surface area contributed by atoms with Gasteiger partial charge in [0.25, 0.3) is 0 Å². The van der Waals surface area contributed by atoms with Crippen LogP contribution in [0.1, 0.15) is 68.4 Å². The monoisotopic (exact) mass is 682 g/mol. The molecule has 6 nitrogen and oxygen atoms in total. The van der Waals surface area contributed by atoms with Crippen molar-refractivity contribution in [3.05, 3.63) is 70.8 Å². The highest BCUT2D eigenvalue weighted by atomic mass is 19.4. The first kappa shape index (κ1) is 37.5. The lowest BCUT2D eigenvalue weighted by molar-refractivity contribution is -0.170. The third kappa shape index (κ3) is 9.34. The number of benzene rings is 2. The van der Waals surface area contributed by atoms with Crippen LogP contribution in [-0.4, -0.2) is 49.8 Å². The molecule has 47 heavy (non-hydrogen) atoms. The van der Waals surface area contributed by atoms with E-state index in [1.807, 2.05) is 13.8 Å². The van der Waals surface area contributed by atoms with Crippen molar-refractivity contribution in [2.24, 2.45) is 5.41 Å². The summed E-state index contributed by atoms with van der Waals surface area (Å²) in [5.74, 6) is -1.58. The smallest absolute Gasteiger partial charge is 0.471 e. The Labute approximate surface area is 266 Å². The minimum absolute atomic E-state index is 0.00670. The maximum atomic E-state index is 13.4. The molecule has 0 bridgehead atoms. The number of hydrogen-bond donors (Lipinski definition) is 0. The Morgan fingerprint density at radius 3 is 2.06 bits per heavy atom. The van der Waals surface area contributed by atoms with Crippen LogP contribution >= 0.6 is 0 Å². The number of amides is 2. The zero-order valence-electron chi connectivity index (χ0n) is 26.3. The molecule has 1 saturated heterocycles. The van der Waals surface area contributed by atoms with Crippen LogP contribution < -0.4 is 9.64 Å². The van der Waals surface area contributed by atoms with E-state index in [1.165, 1.54) is 37.1 Å². The number of carbonyl (C=O) groups is 2. The highest BCUT2D eigenvalue weighted by Crippen LogP contribution is 2.41. The van der Waals surface area contributed by atoms with Crippen LogP contribution in [0.5, 0.6) is 5.75 Å². The van der Waals surface area contributed by atoms with Gasteiger partial charge in [-0.05, 0) is 85.5 Å². The lowest BCUT2D eigenvalue weighted by Gasteiger charge is -2.29. The summed E-state index contributed by atoms with van der Waals surface area (Å²) in [6, 6.07) is 4.46. The Bertz CT molecular complexity index is 1450. The average molecular weight is 683 g/mol. The molecule has 15 heteroatoms. The standard InChI is InChI=1S/C32H35F9N2O4/c1-18(16-29(3,4)11-7-8-20-14-24(9-10-25(20)46-6)42(5)27(44)32(39,40)41)17-43-19(2)26(47-28(43)45)21-12-22(30(33,34)35)15-23(13-21)31(36,37)38/h9-10,12-15,19,26H,1,7-8,11,16-17H2,2-6H3/t19-,26-/m0/s1. The summed E-state index contributed by atoms with van der Waals surface area (Å²) in [5, 5.41) is 0. The molecule has 1 heterocycles. The highest BCUT2D eigenvalue weighted by Gasteiger charge is 2.44. The number of methoxy groups -OCH3 is 1. The number of nitrogens with zero attached hydrogens (tertiary/aromatic N) is 2. The number of anilines is 1. The van der Waals surface area contributed by atoms with Crippen molar-refractivity contribution in [2.45, 2.75) is 77.1 Å². The van der Waals surface area contributed by atoms with Crippen LogP contribution in [-0.2, 0) is 28.3 Å². The Hall–Kier alpha value is -3.91. The van der Waals surface area contributed by atoms with Gasteiger partial charge < -0.3 is 14.4 Å². The van der Waals surface area contributed by atoms with Gasteiger partial charge in [0.1, 0.15) is 11.9 Å². The summed E-state index contributed by atoms with van der Waals surface area (Å²) in [7, 11) is 2.43. The predicted molar refractivity (Wildman–Crippen MR) is 155 cm³/mol. The van der Waals surface area contributed by atoms with Crippen molar-refractivity contribution < 1.29 is 58.6 Å². The maximum Gasteiger partial charge on any atom is 0.471 e. The van der Waals surface area contributed by atoms with Gasteiger partial charge in [-0.1, -0.05) is 26.0 Å². The zero-order chi connectivity index (χ0) is 35.7. The Morgan fingerprint density at radius 2 is 1.55 bits per heavy atom. The van der Waals surface area contributed by atoms with Gasteiger partial charge in [0.15, 0.2) is 0 Å². The molecule has 2 aromatic carbocycles. The van der Waals surface area contributed by atoms with Crippen molar-refractivity contribution in [1.82, 2.24) is 4.90 Å². The number of aryl methyl sites for hydroxylation is 1. The third-order valence-corrected chi connectivity index (χ3v) is 7.95. The second-order valence-electron chi connectivity index (χ2n) is 12.3. The maximum absolute atomic E-state index is 13.4. The highest BCUT2D eigenvalue weighted by molar-refractivity contribution is 5.96.